The lowest BCUT2D eigenvalue weighted by molar-refractivity contribution is 0.506. The number of aryl methyl sites for hydroxylation is 1. The van der Waals surface area contributed by atoms with Gasteiger partial charge in [-0.15, -0.1) is 0 Å². The van der Waals surface area contributed by atoms with Gasteiger partial charge in [-0.05, 0) is 31.4 Å². The third-order valence-electron chi connectivity index (χ3n) is 2.99. The quantitative estimate of drug-likeness (QED) is 0.797. The molecular formula is C12H19N3. The van der Waals surface area contributed by atoms with E-state index >= 15 is 0 Å². The summed E-state index contributed by atoms with van der Waals surface area (Å²) < 4.78 is 0. The van der Waals surface area contributed by atoms with Crippen LogP contribution in [-0.2, 0) is 6.42 Å². The minimum absolute atomic E-state index is 0.324. The summed E-state index contributed by atoms with van der Waals surface area (Å²) in [6.07, 6.45) is 5.31. The van der Waals surface area contributed by atoms with Gasteiger partial charge >= 0.3 is 0 Å². The highest BCUT2D eigenvalue weighted by Gasteiger charge is 2.16. The molecule has 1 aromatic heterocycles. The second kappa shape index (κ2) is 4.62. The van der Waals surface area contributed by atoms with Crippen LogP contribution in [-0.4, -0.2) is 24.1 Å². The molecule has 0 radical (unpaired) electrons. The van der Waals surface area contributed by atoms with Crippen LogP contribution in [0, 0.1) is 0 Å². The highest BCUT2D eigenvalue weighted by molar-refractivity contribution is 5.45. The highest BCUT2D eigenvalue weighted by Crippen LogP contribution is 2.18. The second-order valence-corrected chi connectivity index (χ2v) is 4.21. The fourth-order valence-corrected chi connectivity index (χ4v) is 2.06. The van der Waals surface area contributed by atoms with Crippen LogP contribution in [0.5, 0.6) is 0 Å². The van der Waals surface area contributed by atoms with Crippen LogP contribution in [0.2, 0.25) is 0 Å². The first-order valence-electron chi connectivity index (χ1n) is 5.75. The summed E-state index contributed by atoms with van der Waals surface area (Å²) in [5, 5.41) is 0. The van der Waals surface area contributed by atoms with Crippen LogP contribution in [0.4, 0.5) is 5.69 Å². The monoisotopic (exact) mass is 205 g/mol. The normalized spacial score (nSPS) is 21.7. The molecule has 1 unspecified atom stereocenters. The first-order valence-corrected chi connectivity index (χ1v) is 5.75. The van der Waals surface area contributed by atoms with E-state index in [0.29, 0.717) is 6.04 Å². The van der Waals surface area contributed by atoms with Crippen LogP contribution in [0.1, 0.15) is 25.5 Å². The lowest BCUT2D eigenvalue weighted by Gasteiger charge is -2.32. The van der Waals surface area contributed by atoms with Crippen molar-refractivity contribution in [3.05, 3.63) is 24.0 Å². The molecule has 2 rings (SSSR count). The van der Waals surface area contributed by atoms with Crippen molar-refractivity contribution < 1.29 is 0 Å². The number of nitrogens with two attached hydrogens (primary N) is 1. The summed E-state index contributed by atoms with van der Waals surface area (Å²) in [6.45, 7) is 4.20. The molecule has 3 nitrogen and oxygen atoms in total. The molecule has 1 aromatic rings. The Morgan fingerprint density at radius 2 is 2.40 bits per heavy atom. The number of rotatable bonds is 2. The van der Waals surface area contributed by atoms with Gasteiger partial charge in [-0.3, -0.25) is 4.98 Å². The van der Waals surface area contributed by atoms with E-state index in [1.807, 2.05) is 6.20 Å². The van der Waals surface area contributed by atoms with Gasteiger partial charge in [0.1, 0.15) is 0 Å². The van der Waals surface area contributed by atoms with E-state index in [2.05, 4.69) is 28.9 Å². The molecule has 0 bridgehead atoms. The molecule has 15 heavy (non-hydrogen) atoms. The molecule has 1 aliphatic heterocycles. The number of anilines is 1. The molecule has 1 aliphatic rings. The van der Waals surface area contributed by atoms with E-state index in [9.17, 15) is 0 Å². The summed E-state index contributed by atoms with van der Waals surface area (Å²) in [6, 6.07) is 4.59. The van der Waals surface area contributed by atoms with Crippen LogP contribution in [0.3, 0.4) is 0 Å². The number of pyridine rings is 1. The van der Waals surface area contributed by atoms with Crippen molar-refractivity contribution in [3.63, 3.8) is 0 Å². The van der Waals surface area contributed by atoms with Gasteiger partial charge in [0.05, 0.1) is 11.9 Å². The maximum Gasteiger partial charge on any atom is 0.0553 e. The van der Waals surface area contributed by atoms with Gasteiger partial charge < -0.3 is 10.6 Å². The third kappa shape index (κ3) is 2.48. The van der Waals surface area contributed by atoms with E-state index in [1.165, 1.54) is 12.1 Å². The number of aromatic nitrogens is 1. The van der Waals surface area contributed by atoms with E-state index in [0.717, 1.165) is 31.6 Å². The number of hydrogen-bond donors (Lipinski definition) is 1. The minimum Gasteiger partial charge on any atom is -0.369 e. The van der Waals surface area contributed by atoms with Crippen molar-refractivity contribution in [3.8, 4) is 0 Å². The summed E-state index contributed by atoms with van der Waals surface area (Å²) in [5.41, 5.74) is 8.32. The number of piperidine rings is 1. The van der Waals surface area contributed by atoms with Gasteiger partial charge in [-0.2, -0.15) is 0 Å². The zero-order valence-electron chi connectivity index (χ0n) is 9.32. The topological polar surface area (TPSA) is 42.1 Å². The molecule has 0 saturated carbocycles. The van der Waals surface area contributed by atoms with Gasteiger partial charge in [0.15, 0.2) is 0 Å². The maximum atomic E-state index is 5.96. The minimum atomic E-state index is 0.324. The maximum absolute atomic E-state index is 5.96. The third-order valence-corrected chi connectivity index (χ3v) is 2.99. The Morgan fingerprint density at radius 1 is 1.53 bits per heavy atom. The summed E-state index contributed by atoms with van der Waals surface area (Å²) in [5.74, 6) is 0. The second-order valence-electron chi connectivity index (χ2n) is 4.21. The number of hydrogen-bond acceptors (Lipinski definition) is 3. The molecule has 3 heteroatoms. The average molecular weight is 205 g/mol. The summed E-state index contributed by atoms with van der Waals surface area (Å²) >= 11 is 0. The largest absolute Gasteiger partial charge is 0.369 e. The first kappa shape index (κ1) is 10.4. The number of nitrogens with zero attached hydrogens (tertiary/aromatic N) is 2. The van der Waals surface area contributed by atoms with Gasteiger partial charge in [-0.1, -0.05) is 6.92 Å². The molecule has 0 spiro atoms. The molecule has 2 N–H and O–H groups in total. The van der Waals surface area contributed by atoms with Crippen LogP contribution in [0.15, 0.2) is 18.3 Å². The van der Waals surface area contributed by atoms with Crippen LogP contribution in [0.25, 0.3) is 0 Å². The Kier molecular flexibility index (Phi) is 3.21. The fourth-order valence-electron chi connectivity index (χ4n) is 2.06. The van der Waals surface area contributed by atoms with E-state index < -0.39 is 0 Å². The molecule has 0 aliphatic carbocycles. The SMILES string of the molecule is CCc1ccc(N2CCCC(N)C2)cn1. The zero-order chi connectivity index (χ0) is 10.7. The Bertz CT molecular complexity index is 307. The summed E-state index contributed by atoms with van der Waals surface area (Å²) in [4.78, 5) is 6.75. The molecule has 82 valence electrons. The lowest BCUT2D eigenvalue weighted by Crippen LogP contribution is -2.42. The van der Waals surface area contributed by atoms with Gasteiger partial charge in [0.2, 0.25) is 0 Å². The van der Waals surface area contributed by atoms with E-state index in [-0.39, 0.29) is 0 Å². The zero-order valence-corrected chi connectivity index (χ0v) is 9.32. The molecule has 1 fully saturated rings. The van der Waals surface area contributed by atoms with E-state index in [4.69, 9.17) is 5.73 Å². The standard InChI is InChI=1S/C12H19N3/c1-2-11-5-6-12(8-14-11)15-7-3-4-10(13)9-15/h5-6,8,10H,2-4,7,9,13H2,1H3. The Morgan fingerprint density at radius 3 is 3.00 bits per heavy atom. The molecular weight excluding hydrogens is 186 g/mol. The Hall–Kier alpha value is -1.09. The highest BCUT2D eigenvalue weighted by atomic mass is 15.2. The molecule has 0 amide bonds. The van der Waals surface area contributed by atoms with E-state index in [1.54, 1.807) is 0 Å². The van der Waals surface area contributed by atoms with Crippen molar-refractivity contribution >= 4 is 5.69 Å². The fraction of sp³-hybridized carbons (Fsp3) is 0.583. The molecule has 1 atom stereocenters. The van der Waals surface area contributed by atoms with Crippen molar-refractivity contribution in [1.29, 1.82) is 0 Å². The van der Waals surface area contributed by atoms with Gasteiger partial charge in [0, 0.05) is 24.8 Å². The smallest absolute Gasteiger partial charge is 0.0553 e. The predicted octanol–water partition coefficient (Wildman–Crippen LogP) is 1.57. The first-order chi connectivity index (χ1) is 7.29. The molecule has 1 saturated heterocycles. The lowest BCUT2D eigenvalue weighted by atomic mass is 10.1. The van der Waals surface area contributed by atoms with Gasteiger partial charge in [0.25, 0.3) is 0 Å². The van der Waals surface area contributed by atoms with Crippen LogP contribution < -0.4 is 10.6 Å². The Labute approximate surface area is 91.3 Å². The summed E-state index contributed by atoms with van der Waals surface area (Å²) in [7, 11) is 0. The van der Waals surface area contributed by atoms with Crippen molar-refractivity contribution in [1.82, 2.24) is 4.98 Å². The van der Waals surface area contributed by atoms with Crippen molar-refractivity contribution in [2.24, 2.45) is 5.73 Å². The Balaban J connectivity index is 2.07. The van der Waals surface area contributed by atoms with Crippen LogP contribution >= 0.6 is 0 Å². The predicted molar refractivity (Wildman–Crippen MR) is 63.0 cm³/mol. The molecule has 0 aromatic carbocycles. The average Bonchev–Trinajstić information content (AvgIpc) is 2.29. The van der Waals surface area contributed by atoms with Gasteiger partial charge in [-0.25, -0.2) is 0 Å². The van der Waals surface area contributed by atoms with Crippen molar-refractivity contribution in [2.45, 2.75) is 32.2 Å². The van der Waals surface area contributed by atoms with Crippen molar-refractivity contribution in [2.75, 3.05) is 18.0 Å². The molecule has 2 heterocycles.